The number of ether oxygens (including phenoxy) is 2. The molecule has 1 saturated heterocycles. The summed E-state index contributed by atoms with van der Waals surface area (Å²) in [5.41, 5.74) is 4.22. The molecule has 1 amide bonds. The maximum absolute atomic E-state index is 13.4. The Hall–Kier alpha value is -4.91. The number of likely N-dealkylation sites (tertiary alicyclic amines) is 1. The van der Waals surface area contributed by atoms with E-state index in [1.165, 1.54) is 4.90 Å². The molecule has 1 aliphatic heterocycles. The van der Waals surface area contributed by atoms with Gasteiger partial charge in [0.25, 0.3) is 11.7 Å². The van der Waals surface area contributed by atoms with Gasteiger partial charge in [-0.1, -0.05) is 49.7 Å². The second kappa shape index (κ2) is 13.2. The van der Waals surface area contributed by atoms with E-state index in [4.69, 9.17) is 9.47 Å². The number of carbonyl (C=O) groups excluding carboxylic acids is 2. The third-order valence-electron chi connectivity index (χ3n) is 7.39. The zero-order valence-electron chi connectivity index (χ0n) is 23.8. The number of aryl methyl sites for hydroxylation is 1. The van der Waals surface area contributed by atoms with Crippen molar-refractivity contribution in [2.45, 2.75) is 45.9 Å². The van der Waals surface area contributed by atoms with Crippen LogP contribution < -0.4 is 9.47 Å². The SMILES string of the molecule is CCCCOc1ccc(C2/C(=C(\O)c3ccc(OCc4ccccc4C)cc3)C(=O)C(=O)N2Cc2ccncc2)cc1. The number of nitrogens with zero attached hydrogens (tertiary/aromatic N) is 2. The first-order valence-corrected chi connectivity index (χ1v) is 14.1. The second-order valence-corrected chi connectivity index (χ2v) is 10.3. The molecule has 3 aromatic carbocycles. The number of aliphatic hydroxyl groups is 1. The molecule has 1 aliphatic rings. The van der Waals surface area contributed by atoms with Crippen LogP contribution in [0, 0.1) is 6.92 Å². The quantitative estimate of drug-likeness (QED) is 0.0939. The van der Waals surface area contributed by atoms with Crippen LogP contribution in [0.5, 0.6) is 11.5 Å². The summed E-state index contributed by atoms with van der Waals surface area (Å²) in [7, 11) is 0. The van der Waals surface area contributed by atoms with Gasteiger partial charge in [-0.05, 0) is 84.1 Å². The molecule has 42 heavy (non-hydrogen) atoms. The number of hydrogen-bond donors (Lipinski definition) is 1. The molecule has 1 fully saturated rings. The van der Waals surface area contributed by atoms with E-state index < -0.39 is 17.7 Å². The minimum absolute atomic E-state index is 0.0438. The predicted octanol–water partition coefficient (Wildman–Crippen LogP) is 6.77. The Balaban J connectivity index is 1.45. The molecule has 0 saturated carbocycles. The summed E-state index contributed by atoms with van der Waals surface area (Å²) in [5, 5.41) is 11.5. The molecule has 2 heterocycles. The molecule has 1 atom stereocenters. The molecule has 1 N–H and O–H groups in total. The van der Waals surface area contributed by atoms with Gasteiger partial charge in [-0.15, -0.1) is 0 Å². The zero-order valence-corrected chi connectivity index (χ0v) is 23.8. The maximum Gasteiger partial charge on any atom is 0.295 e. The van der Waals surface area contributed by atoms with Crippen molar-refractivity contribution < 1.29 is 24.2 Å². The summed E-state index contributed by atoms with van der Waals surface area (Å²) < 4.78 is 11.8. The molecule has 0 aliphatic carbocycles. The van der Waals surface area contributed by atoms with Gasteiger partial charge < -0.3 is 19.5 Å². The number of pyridine rings is 1. The van der Waals surface area contributed by atoms with Crippen molar-refractivity contribution in [1.29, 1.82) is 0 Å². The van der Waals surface area contributed by atoms with Crippen molar-refractivity contribution in [3.8, 4) is 11.5 Å². The van der Waals surface area contributed by atoms with Gasteiger partial charge >= 0.3 is 0 Å². The average Bonchev–Trinajstić information content (AvgIpc) is 3.26. The predicted molar refractivity (Wildman–Crippen MR) is 161 cm³/mol. The van der Waals surface area contributed by atoms with Gasteiger partial charge in [0.15, 0.2) is 0 Å². The molecule has 7 heteroatoms. The molecule has 214 valence electrons. The number of carbonyl (C=O) groups is 2. The Morgan fingerprint density at radius 1 is 0.881 bits per heavy atom. The topological polar surface area (TPSA) is 89.0 Å². The van der Waals surface area contributed by atoms with Gasteiger partial charge in [-0.3, -0.25) is 14.6 Å². The largest absolute Gasteiger partial charge is 0.507 e. The van der Waals surface area contributed by atoms with Gasteiger partial charge in [0.1, 0.15) is 23.9 Å². The van der Waals surface area contributed by atoms with E-state index >= 15 is 0 Å². The molecule has 0 spiro atoms. The fraction of sp³-hybridized carbons (Fsp3) is 0.229. The highest BCUT2D eigenvalue weighted by molar-refractivity contribution is 6.46. The Labute approximate surface area is 246 Å². The molecule has 1 aromatic heterocycles. The standard InChI is InChI=1S/C35H34N2O5/c1-3-4-21-41-29-13-9-26(10-14-29)32-31(34(39)35(40)37(32)22-25-17-19-36-20-18-25)33(38)27-11-15-30(16-12-27)42-23-28-8-6-5-7-24(28)2/h5-20,32,38H,3-4,21-23H2,1-2H3/b33-31+. The minimum atomic E-state index is -0.778. The molecule has 1 unspecified atom stereocenters. The van der Waals surface area contributed by atoms with E-state index in [1.807, 2.05) is 55.5 Å². The summed E-state index contributed by atoms with van der Waals surface area (Å²) in [5.74, 6) is -0.290. The highest BCUT2D eigenvalue weighted by atomic mass is 16.5. The number of amides is 1. The lowest BCUT2D eigenvalue weighted by atomic mass is 9.95. The van der Waals surface area contributed by atoms with Crippen molar-refractivity contribution in [2.24, 2.45) is 0 Å². The summed E-state index contributed by atoms with van der Waals surface area (Å²) in [4.78, 5) is 32.3. The molecule has 4 aromatic rings. The first-order valence-electron chi connectivity index (χ1n) is 14.1. The first-order chi connectivity index (χ1) is 20.5. The Morgan fingerprint density at radius 3 is 2.24 bits per heavy atom. The van der Waals surface area contributed by atoms with Crippen LogP contribution in [0.25, 0.3) is 5.76 Å². The molecule has 0 radical (unpaired) electrons. The number of Topliss-reactive ketones (excluding diaryl/α,β-unsaturated/α-hetero) is 1. The van der Waals surface area contributed by atoms with Gasteiger partial charge in [0.05, 0.1) is 18.2 Å². The lowest BCUT2D eigenvalue weighted by Crippen LogP contribution is -2.29. The Bertz CT molecular complexity index is 1560. The van der Waals surface area contributed by atoms with Crippen LogP contribution in [0.4, 0.5) is 0 Å². The number of aromatic nitrogens is 1. The van der Waals surface area contributed by atoms with Crippen LogP contribution in [-0.2, 0) is 22.7 Å². The molecular formula is C35H34N2O5. The maximum atomic E-state index is 13.4. The fourth-order valence-electron chi connectivity index (χ4n) is 4.95. The highest BCUT2D eigenvalue weighted by Gasteiger charge is 2.46. The molecule has 7 nitrogen and oxygen atoms in total. The summed E-state index contributed by atoms with van der Waals surface area (Å²) in [6.07, 6.45) is 5.27. The third-order valence-corrected chi connectivity index (χ3v) is 7.39. The smallest absolute Gasteiger partial charge is 0.295 e. The van der Waals surface area contributed by atoms with Crippen LogP contribution in [0.1, 0.15) is 53.6 Å². The number of aliphatic hydroxyl groups excluding tert-OH is 1. The number of hydrogen-bond acceptors (Lipinski definition) is 6. The van der Waals surface area contributed by atoms with E-state index in [2.05, 4.69) is 11.9 Å². The van der Waals surface area contributed by atoms with Crippen molar-refractivity contribution in [3.63, 3.8) is 0 Å². The van der Waals surface area contributed by atoms with E-state index in [0.717, 1.165) is 29.5 Å². The van der Waals surface area contributed by atoms with E-state index in [1.54, 1.807) is 48.8 Å². The number of unbranched alkanes of at least 4 members (excludes halogenated alkanes) is 1. The van der Waals surface area contributed by atoms with Crippen LogP contribution in [0.2, 0.25) is 0 Å². The number of ketones is 1. The minimum Gasteiger partial charge on any atom is -0.507 e. The Kier molecular flexibility index (Phi) is 8.97. The van der Waals surface area contributed by atoms with Crippen LogP contribution in [-0.4, -0.2) is 33.3 Å². The third kappa shape index (κ3) is 6.36. The lowest BCUT2D eigenvalue weighted by molar-refractivity contribution is -0.140. The van der Waals surface area contributed by atoms with Gasteiger partial charge in [0.2, 0.25) is 0 Å². The van der Waals surface area contributed by atoms with E-state index in [0.29, 0.717) is 35.8 Å². The first kappa shape index (κ1) is 28.6. The Morgan fingerprint density at radius 2 is 1.55 bits per heavy atom. The average molecular weight is 563 g/mol. The highest BCUT2D eigenvalue weighted by Crippen LogP contribution is 2.41. The van der Waals surface area contributed by atoms with Crippen LogP contribution >= 0.6 is 0 Å². The number of rotatable bonds is 11. The van der Waals surface area contributed by atoms with E-state index in [-0.39, 0.29) is 17.9 Å². The van der Waals surface area contributed by atoms with E-state index in [9.17, 15) is 14.7 Å². The monoisotopic (exact) mass is 562 g/mol. The summed E-state index contributed by atoms with van der Waals surface area (Å²) >= 11 is 0. The van der Waals surface area contributed by atoms with Gasteiger partial charge in [-0.2, -0.15) is 0 Å². The second-order valence-electron chi connectivity index (χ2n) is 10.3. The van der Waals surface area contributed by atoms with Crippen molar-refractivity contribution in [2.75, 3.05) is 6.61 Å². The summed E-state index contributed by atoms with van der Waals surface area (Å²) in [6.45, 7) is 5.35. The van der Waals surface area contributed by atoms with Crippen LogP contribution in [0.15, 0.2) is 103 Å². The van der Waals surface area contributed by atoms with Crippen molar-refractivity contribution in [1.82, 2.24) is 9.88 Å². The number of benzene rings is 3. The summed E-state index contributed by atoms with van der Waals surface area (Å²) in [6, 6.07) is 25.1. The lowest BCUT2D eigenvalue weighted by Gasteiger charge is -2.25. The van der Waals surface area contributed by atoms with Gasteiger partial charge in [-0.25, -0.2) is 0 Å². The molecular weight excluding hydrogens is 528 g/mol. The van der Waals surface area contributed by atoms with Crippen LogP contribution in [0.3, 0.4) is 0 Å². The fourth-order valence-corrected chi connectivity index (χ4v) is 4.95. The van der Waals surface area contributed by atoms with Crippen molar-refractivity contribution >= 4 is 17.4 Å². The van der Waals surface area contributed by atoms with Crippen molar-refractivity contribution in [3.05, 3.63) is 131 Å². The zero-order chi connectivity index (χ0) is 29.5. The molecule has 5 rings (SSSR count). The normalized spacial score (nSPS) is 16.0. The molecule has 0 bridgehead atoms. The van der Waals surface area contributed by atoms with Gasteiger partial charge in [0, 0.05) is 24.5 Å².